The van der Waals surface area contributed by atoms with Crippen LogP contribution >= 0.6 is 0 Å². The van der Waals surface area contributed by atoms with E-state index in [0.29, 0.717) is 52.6 Å². The molecule has 0 unspecified atom stereocenters. The lowest BCUT2D eigenvalue weighted by Gasteiger charge is -2.10. The molecule has 4 rings (SSSR count). The van der Waals surface area contributed by atoms with Crippen molar-refractivity contribution in [3.8, 4) is 17.2 Å². The van der Waals surface area contributed by atoms with Gasteiger partial charge in [-0.1, -0.05) is 0 Å². The predicted molar refractivity (Wildman–Crippen MR) is 108 cm³/mol. The van der Waals surface area contributed by atoms with Gasteiger partial charge in [0.25, 0.3) is 0 Å². The third-order valence-corrected chi connectivity index (χ3v) is 4.52. The minimum absolute atomic E-state index is 0.208. The highest BCUT2D eigenvalue weighted by Gasteiger charge is 2.19. The Hall–Kier alpha value is -3.48. The van der Waals surface area contributed by atoms with Crippen LogP contribution in [-0.2, 0) is 9.53 Å². The quantitative estimate of drug-likeness (QED) is 0.446. The molecular formula is C23H22O7. The molecule has 0 spiro atoms. The van der Waals surface area contributed by atoms with E-state index in [4.69, 9.17) is 23.4 Å². The summed E-state index contributed by atoms with van der Waals surface area (Å²) in [5.41, 5.74) is 1.41. The Kier molecular flexibility index (Phi) is 5.61. The van der Waals surface area contributed by atoms with E-state index in [9.17, 15) is 9.59 Å². The molecule has 2 aromatic carbocycles. The van der Waals surface area contributed by atoms with Gasteiger partial charge in [0.05, 0.1) is 24.9 Å². The number of ether oxygens (including phenoxy) is 4. The number of hydrogen-bond acceptors (Lipinski definition) is 7. The largest absolute Gasteiger partial charge is 0.490 e. The minimum Gasteiger partial charge on any atom is -0.490 e. The normalized spacial score (nSPS) is 13.2. The molecule has 0 radical (unpaired) electrons. The number of fused-ring (bicyclic) bond motifs is 2. The fourth-order valence-corrected chi connectivity index (χ4v) is 3.17. The summed E-state index contributed by atoms with van der Waals surface area (Å²) in [6, 6.07) is 10.2. The molecule has 0 saturated heterocycles. The van der Waals surface area contributed by atoms with E-state index in [1.165, 1.54) is 6.26 Å². The van der Waals surface area contributed by atoms with Crippen molar-refractivity contribution in [1.29, 1.82) is 0 Å². The molecule has 156 valence electrons. The third-order valence-electron chi connectivity index (χ3n) is 4.52. The summed E-state index contributed by atoms with van der Waals surface area (Å²) in [4.78, 5) is 24.8. The zero-order chi connectivity index (χ0) is 21.1. The van der Waals surface area contributed by atoms with E-state index in [2.05, 4.69) is 0 Å². The maximum atomic E-state index is 13.1. The van der Waals surface area contributed by atoms with Crippen LogP contribution in [0.5, 0.6) is 17.2 Å². The van der Waals surface area contributed by atoms with Crippen molar-refractivity contribution in [1.82, 2.24) is 0 Å². The molecule has 0 aliphatic carbocycles. The number of esters is 1. The molecule has 7 heteroatoms. The molecule has 0 N–H and O–H groups in total. The maximum absolute atomic E-state index is 13.1. The zero-order valence-electron chi connectivity index (χ0n) is 16.8. The smallest absolute Gasteiger partial charge is 0.344 e. The Balaban J connectivity index is 1.57. The highest BCUT2D eigenvalue weighted by Crippen LogP contribution is 2.33. The fraction of sp³-hybridized carbons (Fsp3) is 0.304. The number of hydrogen-bond donors (Lipinski definition) is 0. The van der Waals surface area contributed by atoms with Gasteiger partial charge < -0.3 is 23.4 Å². The van der Waals surface area contributed by atoms with Crippen molar-refractivity contribution in [2.75, 3.05) is 19.8 Å². The van der Waals surface area contributed by atoms with Crippen LogP contribution in [0.2, 0.25) is 0 Å². The Labute approximate surface area is 173 Å². The number of carbonyl (C=O) groups is 2. The fourth-order valence-electron chi connectivity index (χ4n) is 3.17. The van der Waals surface area contributed by atoms with Crippen LogP contribution in [0, 0.1) is 0 Å². The zero-order valence-corrected chi connectivity index (χ0v) is 16.8. The molecule has 3 aromatic rings. The average Bonchev–Trinajstić information content (AvgIpc) is 3.00. The first-order chi connectivity index (χ1) is 14.5. The molecule has 7 nitrogen and oxygen atoms in total. The molecule has 2 heterocycles. The first-order valence-corrected chi connectivity index (χ1v) is 9.79. The van der Waals surface area contributed by atoms with Gasteiger partial charge in [0, 0.05) is 17.4 Å². The van der Waals surface area contributed by atoms with E-state index in [0.717, 1.165) is 6.42 Å². The van der Waals surface area contributed by atoms with E-state index in [-0.39, 0.29) is 18.5 Å². The van der Waals surface area contributed by atoms with Crippen molar-refractivity contribution in [2.45, 2.75) is 26.4 Å². The Bertz CT molecular complexity index is 1080. The van der Waals surface area contributed by atoms with Crippen LogP contribution in [0.15, 0.2) is 47.1 Å². The molecule has 1 aliphatic rings. The summed E-state index contributed by atoms with van der Waals surface area (Å²) in [6.07, 6.45) is 2.00. The van der Waals surface area contributed by atoms with Crippen LogP contribution < -0.4 is 14.2 Å². The second kappa shape index (κ2) is 8.49. The average molecular weight is 410 g/mol. The Morgan fingerprint density at radius 1 is 1.03 bits per heavy atom. The molecule has 0 saturated carbocycles. The molecule has 0 fully saturated rings. The SMILES string of the molecule is CC(C)OC(=O)COc1ccc2occ(C(=O)c3ccc4c(c3)OCCCO4)c2c1. The summed E-state index contributed by atoms with van der Waals surface area (Å²) in [5.74, 6) is 0.961. The Morgan fingerprint density at radius 3 is 2.63 bits per heavy atom. The first-order valence-electron chi connectivity index (χ1n) is 9.79. The van der Waals surface area contributed by atoms with Crippen molar-refractivity contribution in [3.05, 3.63) is 53.8 Å². The lowest BCUT2D eigenvalue weighted by molar-refractivity contribution is -0.149. The van der Waals surface area contributed by atoms with Crippen LogP contribution in [0.1, 0.15) is 36.2 Å². The summed E-state index contributed by atoms with van der Waals surface area (Å²) >= 11 is 0. The van der Waals surface area contributed by atoms with E-state index in [1.54, 1.807) is 50.2 Å². The Morgan fingerprint density at radius 2 is 1.83 bits per heavy atom. The molecule has 0 atom stereocenters. The molecule has 0 amide bonds. The van der Waals surface area contributed by atoms with Crippen LogP contribution in [0.3, 0.4) is 0 Å². The predicted octanol–water partition coefficient (Wildman–Crippen LogP) is 4.16. The molecular weight excluding hydrogens is 388 g/mol. The highest BCUT2D eigenvalue weighted by atomic mass is 16.6. The van der Waals surface area contributed by atoms with E-state index in [1.807, 2.05) is 0 Å². The van der Waals surface area contributed by atoms with Gasteiger partial charge in [-0.15, -0.1) is 0 Å². The summed E-state index contributed by atoms with van der Waals surface area (Å²) < 4.78 is 27.4. The standard InChI is InChI=1S/C23H22O7/c1-14(2)30-22(24)13-28-16-5-7-19-17(11-16)18(12-29-19)23(25)15-4-6-20-21(10-15)27-9-3-8-26-20/h4-7,10-12,14H,3,8-9,13H2,1-2H3. The van der Waals surface area contributed by atoms with Crippen LogP contribution in [0.4, 0.5) is 0 Å². The van der Waals surface area contributed by atoms with Crippen molar-refractivity contribution < 1.29 is 33.0 Å². The third kappa shape index (κ3) is 4.25. The molecule has 1 aromatic heterocycles. The summed E-state index contributed by atoms with van der Waals surface area (Å²) in [5, 5.41) is 0.599. The van der Waals surface area contributed by atoms with E-state index < -0.39 is 5.97 Å². The second-order valence-electron chi connectivity index (χ2n) is 7.18. The lowest BCUT2D eigenvalue weighted by atomic mass is 10.0. The minimum atomic E-state index is -0.458. The monoisotopic (exact) mass is 410 g/mol. The number of ketones is 1. The number of benzene rings is 2. The number of furan rings is 1. The topological polar surface area (TPSA) is 84.2 Å². The van der Waals surface area contributed by atoms with Crippen LogP contribution in [0.25, 0.3) is 11.0 Å². The van der Waals surface area contributed by atoms with Crippen molar-refractivity contribution in [3.63, 3.8) is 0 Å². The second-order valence-corrected chi connectivity index (χ2v) is 7.18. The summed E-state index contributed by atoms with van der Waals surface area (Å²) in [6.45, 7) is 4.45. The van der Waals surface area contributed by atoms with Gasteiger partial charge in [0.1, 0.15) is 17.6 Å². The van der Waals surface area contributed by atoms with Gasteiger partial charge in [-0.05, 0) is 50.2 Å². The summed E-state index contributed by atoms with van der Waals surface area (Å²) in [7, 11) is 0. The van der Waals surface area contributed by atoms with Crippen molar-refractivity contribution in [2.24, 2.45) is 0 Å². The van der Waals surface area contributed by atoms with Gasteiger partial charge in [0.2, 0.25) is 0 Å². The van der Waals surface area contributed by atoms with Gasteiger partial charge in [-0.3, -0.25) is 4.79 Å². The van der Waals surface area contributed by atoms with Gasteiger partial charge in [-0.2, -0.15) is 0 Å². The number of carbonyl (C=O) groups excluding carboxylic acids is 2. The van der Waals surface area contributed by atoms with Gasteiger partial charge in [0.15, 0.2) is 23.9 Å². The lowest BCUT2D eigenvalue weighted by Crippen LogP contribution is -2.18. The molecule has 0 bridgehead atoms. The highest BCUT2D eigenvalue weighted by molar-refractivity contribution is 6.16. The van der Waals surface area contributed by atoms with Gasteiger partial charge >= 0.3 is 5.97 Å². The van der Waals surface area contributed by atoms with Crippen LogP contribution in [-0.4, -0.2) is 37.7 Å². The van der Waals surface area contributed by atoms with E-state index >= 15 is 0 Å². The maximum Gasteiger partial charge on any atom is 0.344 e. The van der Waals surface area contributed by atoms with Crippen molar-refractivity contribution >= 4 is 22.7 Å². The molecule has 1 aliphatic heterocycles. The number of rotatable bonds is 6. The first kappa shape index (κ1) is 19.8. The molecule has 30 heavy (non-hydrogen) atoms. The van der Waals surface area contributed by atoms with Gasteiger partial charge in [-0.25, -0.2) is 4.79 Å².